The lowest BCUT2D eigenvalue weighted by molar-refractivity contribution is -0.152. The summed E-state index contributed by atoms with van der Waals surface area (Å²) in [4.78, 5) is 49.8. The zero-order valence-electron chi connectivity index (χ0n) is 34.3. The summed E-state index contributed by atoms with van der Waals surface area (Å²) >= 11 is 0. The number of unbranched alkanes of at least 4 members (excludes halogenated alkanes) is 8. The van der Waals surface area contributed by atoms with Crippen LogP contribution < -0.4 is 10.6 Å². The van der Waals surface area contributed by atoms with Gasteiger partial charge >= 0.3 is 23.9 Å². The van der Waals surface area contributed by atoms with Gasteiger partial charge in [0.15, 0.2) is 0 Å². The average molecular weight is 791 g/mol. The third kappa shape index (κ3) is 26.0. The maximum absolute atomic E-state index is 12.3. The van der Waals surface area contributed by atoms with E-state index in [-0.39, 0.29) is 45.7 Å². The van der Waals surface area contributed by atoms with Gasteiger partial charge in [-0.1, -0.05) is 76.7 Å². The third-order valence-electron chi connectivity index (χ3n) is 9.13. The first-order valence-electron chi connectivity index (χ1n) is 20.5. The predicted octanol–water partition coefficient (Wildman–Crippen LogP) is 7.54. The largest absolute Gasteiger partial charge is 0.481 e. The van der Waals surface area contributed by atoms with Crippen molar-refractivity contribution < 1.29 is 53.1 Å². The molecule has 0 aliphatic rings. The van der Waals surface area contributed by atoms with Gasteiger partial charge in [0, 0.05) is 24.5 Å². The van der Waals surface area contributed by atoms with Crippen molar-refractivity contribution in [1.82, 2.24) is 0 Å². The van der Waals surface area contributed by atoms with Crippen LogP contribution in [0.2, 0.25) is 0 Å². The Hall–Kier alpha value is -3.94. The van der Waals surface area contributed by atoms with Crippen LogP contribution in [0.5, 0.6) is 0 Å². The quantitative estimate of drug-likeness (QED) is 0.0263. The van der Waals surface area contributed by atoms with Gasteiger partial charge in [0.25, 0.3) is 0 Å². The molecule has 0 radical (unpaired) electrons. The molecule has 0 aromatic heterocycles. The van der Waals surface area contributed by atoms with Gasteiger partial charge in [-0.3, -0.25) is 19.2 Å². The van der Waals surface area contributed by atoms with Crippen LogP contribution >= 0.6 is 0 Å². The summed E-state index contributed by atoms with van der Waals surface area (Å²) in [5, 5.41) is 19.0. The first kappa shape index (κ1) is 50.1. The molecule has 0 heterocycles. The molecule has 4 N–H and O–H groups in total. The number of benzene rings is 1. The Bertz CT molecular complexity index is 1290. The first-order valence-corrected chi connectivity index (χ1v) is 20.5. The zero-order valence-corrected chi connectivity index (χ0v) is 34.3. The van der Waals surface area contributed by atoms with E-state index in [1.165, 1.54) is 25.7 Å². The highest BCUT2D eigenvalue weighted by Gasteiger charge is 2.22. The fraction of sp³-hybridized carbons (Fsp3) is 0.674. The third-order valence-corrected chi connectivity index (χ3v) is 9.13. The number of nitrogens with two attached hydrogens (primary N) is 1. The van der Waals surface area contributed by atoms with Crippen molar-refractivity contribution in [3.8, 4) is 0 Å². The second-order valence-corrected chi connectivity index (χ2v) is 13.9. The SMILES string of the molecule is CCCCC/C=C/CC(CC(=O)OCCOCCN(CCOCCOCCOC(=O)CC(C/C=C/CCCCCCC)C(=O)O)c1ccc(N)c(C)c1)C(=O)O. The molecule has 1 aromatic rings. The number of anilines is 2. The van der Waals surface area contributed by atoms with E-state index in [0.717, 1.165) is 49.8 Å². The highest BCUT2D eigenvalue weighted by atomic mass is 16.6. The number of ether oxygens (including phenoxy) is 5. The Balaban J connectivity index is 2.33. The molecule has 56 heavy (non-hydrogen) atoms. The molecule has 0 saturated carbocycles. The number of carbonyl (C=O) groups is 4. The number of nitrogens with zero attached hydrogens (tertiary/aromatic N) is 1. The highest BCUT2D eigenvalue weighted by molar-refractivity contribution is 5.79. The number of carboxylic acids is 2. The molecule has 0 aliphatic carbocycles. The number of carboxylic acid groups (broad SMARTS) is 2. The van der Waals surface area contributed by atoms with Crippen LogP contribution in [0.15, 0.2) is 42.5 Å². The Labute approximate surface area is 334 Å². The molecule has 13 heteroatoms. The van der Waals surface area contributed by atoms with E-state index >= 15 is 0 Å². The summed E-state index contributed by atoms with van der Waals surface area (Å²) in [6.07, 6.45) is 18.9. The first-order chi connectivity index (χ1) is 27.1. The number of allylic oxidation sites excluding steroid dienone is 4. The second kappa shape index (κ2) is 33.2. The van der Waals surface area contributed by atoms with Crippen molar-refractivity contribution in [3.05, 3.63) is 48.1 Å². The molecule has 0 amide bonds. The van der Waals surface area contributed by atoms with E-state index < -0.39 is 35.7 Å². The monoisotopic (exact) mass is 790 g/mol. The minimum absolute atomic E-state index is 0.0289. The zero-order chi connectivity index (χ0) is 41.2. The molecular formula is C43H70N2O11. The molecule has 1 rings (SSSR count). The number of esters is 2. The van der Waals surface area contributed by atoms with E-state index in [1.807, 2.05) is 49.4 Å². The lowest BCUT2D eigenvalue weighted by Gasteiger charge is -2.25. The minimum Gasteiger partial charge on any atom is -0.481 e. The number of carbonyl (C=O) groups excluding carboxylic acids is 2. The topological polar surface area (TPSA) is 184 Å². The minimum atomic E-state index is -1.02. The van der Waals surface area contributed by atoms with Crippen molar-refractivity contribution >= 4 is 35.3 Å². The van der Waals surface area contributed by atoms with Crippen LogP contribution in [0.25, 0.3) is 0 Å². The summed E-state index contributed by atoms with van der Waals surface area (Å²) in [5.41, 5.74) is 8.62. The van der Waals surface area contributed by atoms with Crippen LogP contribution in [0.1, 0.15) is 109 Å². The number of nitrogen functional groups attached to an aromatic ring is 1. The van der Waals surface area contributed by atoms with Gasteiger partial charge in [-0.2, -0.15) is 0 Å². The van der Waals surface area contributed by atoms with Crippen molar-refractivity contribution in [2.45, 2.75) is 111 Å². The van der Waals surface area contributed by atoms with Gasteiger partial charge in [-0.25, -0.2) is 0 Å². The molecule has 2 unspecified atom stereocenters. The average Bonchev–Trinajstić information content (AvgIpc) is 3.16. The summed E-state index contributed by atoms with van der Waals surface area (Å²) in [7, 11) is 0. The van der Waals surface area contributed by atoms with Crippen molar-refractivity contribution in [3.63, 3.8) is 0 Å². The van der Waals surface area contributed by atoms with Crippen molar-refractivity contribution in [1.29, 1.82) is 0 Å². The molecule has 13 nitrogen and oxygen atoms in total. The molecule has 0 spiro atoms. The Morgan fingerprint density at radius 2 is 1.09 bits per heavy atom. The Morgan fingerprint density at radius 1 is 0.643 bits per heavy atom. The normalized spacial score (nSPS) is 12.6. The molecule has 318 valence electrons. The summed E-state index contributed by atoms with van der Waals surface area (Å²) < 4.78 is 27.4. The molecular weight excluding hydrogens is 720 g/mol. The molecule has 0 aliphatic heterocycles. The van der Waals surface area contributed by atoms with Crippen LogP contribution in [0.4, 0.5) is 11.4 Å². The lowest BCUT2D eigenvalue weighted by atomic mass is 10.0. The lowest BCUT2D eigenvalue weighted by Crippen LogP contribution is -2.31. The molecule has 2 atom stereocenters. The van der Waals surface area contributed by atoms with Gasteiger partial charge in [-0.15, -0.1) is 0 Å². The number of aryl methyl sites for hydroxylation is 1. The van der Waals surface area contributed by atoms with Crippen LogP contribution in [-0.4, -0.2) is 100 Å². The fourth-order valence-corrected chi connectivity index (χ4v) is 5.63. The number of hydrogen-bond acceptors (Lipinski definition) is 11. The van der Waals surface area contributed by atoms with E-state index in [2.05, 4.69) is 18.7 Å². The van der Waals surface area contributed by atoms with E-state index in [9.17, 15) is 29.4 Å². The summed E-state index contributed by atoms with van der Waals surface area (Å²) in [6.45, 7) is 9.12. The number of aliphatic carboxylic acids is 2. The standard InChI is InChI=1S/C43H70N2O11/c1-4-6-8-10-12-13-15-17-19-37(43(50)51)34-41(47)56-31-29-54-27-26-52-24-22-45(38-20-21-39(44)35(3)32-38)23-25-53-28-30-55-40(46)33-36(42(48)49)18-16-14-11-9-7-5-2/h14-17,20-21,32,36-37H,4-13,18-19,22-31,33-34,44H2,1-3H3,(H,48,49)(H,50,51)/b16-14+,17-15+. The molecule has 0 bridgehead atoms. The number of hydrogen-bond donors (Lipinski definition) is 3. The van der Waals surface area contributed by atoms with Crippen molar-refractivity contribution in [2.24, 2.45) is 11.8 Å². The van der Waals surface area contributed by atoms with E-state index in [1.54, 1.807) is 0 Å². The summed E-state index contributed by atoms with van der Waals surface area (Å²) in [5.74, 6) is -4.79. The fourth-order valence-electron chi connectivity index (χ4n) is 5.63. The van der Waals surface area contributed by atoms with Gasteiger partial charge < -0.3 is 44.5 Å². The highest BCUT2D eigenvalue weighted by Crippen LogP contribution is 2.21. The van der Waals surface area contributed by atoms with Crippen LogP contribution in [-0.2, 0) is 42.9 Å². The van der Waals surface area contributed by atoms with Crippen molar-refractivity contribution in [2.75, 3.05) is 76.6 Å². The number of rotatable bonds is 36. The van der Waals surface area contributed by atoms with Crippen LogP contribution in [0, 0.1) is 18.8 Å². The van der Waals surface area contributed by atoms with E-state index in [4.69, 9.17) is 29.4 Å². The van der Waals surface area contributed by atoms with Gasteiger partial charge in [0.05, 0.1) is 64.3 Å². The Kier molecular flexibility index (Phi) is 29.7. The molecule has 1 aromatic carbocycles. The van der Waals surface area contributed by atoms with Gasteiger partial charge in [-0.05, 0) is 69.2 Å². The second-order valence-electron chi connectivity index (χ2n) is 13.9. The van der Waals surface area contributed by atoms with Gasteiger partial charge in [0.2, 0.25) is 0 Å². The smallest absolute Gasteiger partial charge is 0.307 e. The van der Waals surface area contributed by atoms with Gasteiger partial charge in [0.1, 0.15) is 13.2 Å². The maximum atomic E-state index is 12.3. The maximum Gasteiger partial charge on any atom is 0.307 e. The Morgan fingerprint density at radius 3 is 1.57 bits per heavy atom. The molecule has 0 saturated heterocycles. The predicted molar refractivity (Wildman–Crippen MR) is 219 cm³/mol. The van der Waals surface area contributed by atoms with E-state index in [0.29, 0.717) is 51.6 Å². The van der Waals surface area contributed by atoms with Crippen LogP contribution in [0.3, 0.4) is 0 Å². The molecule has 0 fully saturated rings. The summed E-state index contributed by atoms with van der Waals surface area (Å²) in [6, 6.07) is 5.77.